The fourth-order valence-corrected chi connectivity index (χ4v) is 4.54. The number of nitrogens with one attached hydrogen (secondary N) is 1. The van der Waals surface area contributed by atoms with Gasteiger partial charge in [-0.2, -0.15) is 0 Å². The molecule has 2 aliphatic heterocycles. The Kier molecular flexibility index (Phi) is 7.69. The van der Waals surface area contributed by atoms with Gasteiger partial charge >= 0.3 is 0 Å². The van der Waals surface area contributed by atoms with Gasteiger partial charge in [-0.3, -0.25) is 4.79 Å². The lowest BCUT2D eigenvalue weighted by atomic mass is 9.84. The van der Waals surface area contributed by atoms with Crippen molar-refractivity contribution in [1.29, 1.82) is 0 Å². The molecular formula is C20H27Cl3N2O2. The molecule has 3 rings (SSSR count). The highest BCUT2D eigenvalue weighted by Crippen LogP contribution is 2.34. The summed E-state index contributed by atoms with van der Waals surface area (Å²) in [4.78, 5) is 14.9. The van der Waals surface area contributed by atoms with Crippen LogP contribution < -0.4 is 5.32 Å². The van der Waals surface area contributed by atoms with E-state index in [9.17, 15) is 4.79 Å². The molecule has 1 aromatic rings. The predicted molar refractivity (Wildman–Crippen MR) is 110 cm³/mol. The van der Waals surface area contributed by atoms with Gasteiger partial charge in [0.05, 0.1) is 13.0 Å². The van der Waals surface area contributed by atoms with Crippen LogP contribution in [0.4, 0.5) is 0 Å². The van der Waals surface area contributed by atoms with Crippen molar-refractivity contribution in [3.05, 3.63) is 35.9 Å². The molecule has 1 N–H and O–H groups in total. The highest BCUT2D eigenvalue weighted by atomic mass is 35.6. The van der Waals surface area contributed by atoms with Gasteiger partial charge < -0.3 is 15.0 Å². The summed E-state index contributed by atoms with van der Waals surface area (Å²) in [5, 5.41) is 2.75. The van der Waals surface area contributed by atoms with Crippen molar-refractivity contribution < 1.29 is 9.53 Å². The quantitative estimate of drug-likeness (QED) is 0.536. The van der Waals surface area contributed by atoms with Crippen LogP contribution in [0.25, 0.3) is 0 Å². The average Bonchev–Trinajstić information content (AvgIpc) is 2.65. The van der Waals surface area contributed by atoms with Gasteiger partial charge in [-0.15, -0.1) is 0 Å². The van der Waals surface area contributed by atoms with E-state index in [-0.39, 0.29) is 12.3 Å². The van der Waals surface area contributed by atoms with Crippen molar-refractivity contribution >= 4 is 40.7 Å². The maximum absolute atomic E-state index is 12.4. The SMILES string of the molecule is O=C(Cc1ccccc1)N[C@H](OC[C@H]1CCCN2CCCC[C@@H]12)C(Cl)(Cl)Cl. The van der Waals surface area contributed by atoms with E-state index in [4.69, 9.17) is 39.5 Å². The summed E-state index contributed by atoms with van der Waals surface area (Å²) in [7, 11) is 0. The van der Waals surface area contributed by atoms with E-state index in [1.165, 1.54) is 38.8 Å². The van der Waals surface area contributed by atoms with Gasteiger partial charge in [0.2, 0.25) is 9.70 Å². The Hall–Kier alpha value is -0.520. The normalized spacial score (nSPS) is 24.9. The van der Waals surface area contributed by atoms with Crippen molar-refractivity contribution in [3.8, 4) is 0 Å². The summed E-state index contributed by atoms with van der Waals surface area (Å²) < 4.78 is 4.23. The van der Waals surface area contributed by atoms with E-state index >= 15 is 0 Å². The second-order valence-corrected chi connectivity index (χ2v) is 9.86. The molecule has 7 heteroatoms. The van der Waals surface area contributed by atoms with Crippen molar-refractivity contribution in [2.24, 2.45) is 5.92 Å². The fourth-order valence-electron chi connectivity index (χ4n) is 4.19. The number of nitrogens with zero attached hydrogens (tertiary/aromatic N) is 1. The lowest BCUT2D eigenvalue weighted by Gasteiger charge is -2.44. The molecule has 2 aliphatic rings. The van der Waals surface area contributed by atoms with Gasteiger partial charge in [0.1, 0.15) is 0 Å². The molecule has 0 aliphatic carbocycles. The summed E-state index contributed by atoms with van der Waals surface area (Å²) in [5.74, 6) is 0.195. The first-order valence-corrected chi connectivity index (χ1v) is 10.8. The minimum absolute atomic E-state index is 0.222. The number of fused-ring (bicyclic) bond motifs is 1. The Morgan fingerprint density at radius 1 is 1.15 bits per heavy atom. The Balaban J connectivity index is 1.56. The molecule has 4 nitrogen and oxygen atoms in total. The molecular weight excluding hydrogens is 407 g/mol. The highest BCUT2D eigenvalue weighted by molar-refractivity contribution is 6.68. The van der Waals surface area contributed by atoms with Crippen molar-refractivity contribution in [1.82, 2.24) is 10.2 Å². The van der Waals surface area contributed by atoms with Gasteiger partial charge in [0.15, 0.2) is 6.23 Å². The minimum atomic E-state index is -1.72. The number of carbonyl (C=O) groups excluding carboxylic acids is 1. The van der Waals surface area contributed by atoms with Crippen molar-refractivity contribution in [2.75, 3.05) is 19.7 Å². The van der Waals surface area contributed by atoms with Crippen molar-refractivity contribution in [2.45, 2.75) is 54.6 Å². The number of alkyl halides is 3. The van der Waals surface area contributed by atoms with Gasteiger partial charge in [-0.1, -0.05) is 71.6 Å². The van der Waals surface area contributed by atoms with Gasteiger partial charge in [0.25, 0.3) is 0 Å². The molecule has 1 aromatic carbocycles. The van der Waals surface area contributed by atoms with E-state index in [0.29, 0.717) is 18.6 Å². The molecule has 27 heavy (non-hydrogen) atoms. The summed E-state index contributed by atoms with van der Waals surface area (Å²) in [6, 6.07) is 10.0. The third kappa shape index (κ3) is 6.23. The van der Waals surface area contributed by atoms with Gasteiger partial charge in [-0.25, -0.2) is 0 Å². The maximum Gasteiger partial charge on any atom is 0.234 e. The third-order valence-electron chi connectivity index (χ3n) is 5.50. The highest BCUT2D eigenvalue weighted by Gasteiger charge is 2.38. The van der Waals surface area contributed by atoms with Gasteiger partial charge in [0, 0.05) is 6.04 Å². The lowest BCUT2D eigenvalue weighted by Crippen LogP contribution is -2.51. The van der Waals surface area contributed by atoms with Crippen LogP contribution in [0.5, 0.6) is 0 Å². The number of carbonyl (C=O) groups is 1. The topological polar surface area (TPSA) is 41.6 Å². The smallest absolute Gasteiger partial charge is 0.234 e. The molecule has 0 spiro atoms. The molecule has 150 valence electrons. The monoisotopic (exact) mass is 432 g/mol. The van der Waals surface area contributed by atoms with Crippen LogP contribution >= 0.6 is 34.8 Å². The van der Waals surface area contributed by atoms with Crippen molar-refractivity contribution in [3.63, 3.8) is 0 Å². The van der Waals surface area contributed by atoms with Crippen LogP contribution in [0.15, 0.2) is 30.3 Å². The zero-order chi connectivity index (χ0) is 19.3. The number of hydrogen-bond donors (Lipinski definition) is 1. The Bertz CT molecular complexity index is 607. The summed E-state index contributed by atoms with van der Waals surface area (Å²) >= 11 is 18.2. The van der Waals surface area contributed by atoms with Crippen LogP contribution in [0.3, 0.4) is 0 Å². The fraction of sp³-hybridized carbons (Fsp3) is 0.650. The molecule has 2 saturated heterocycles. The first kappa shape index (κ1) is 21.2. The van der Waals surface area contributed by atoms with Crippen LogP contribution in [-0.2, 0) is 16.0 Å². The first-order chi connectivity index (χ1) is 12.9. The van der Waals surface area contributed by atoms with Gasteiger partial charge in [-0.05, 0) is 50.3 Å². The summed E-state index contributed by atoms with van der Waals surface area (Å²) in [6.07, 6.45) is 5.29. The molecule has 2 fully saturated rings. The number of ether oxygens (including phenoxy) is 1. The van der Waals surface area contributed by atoms with E-state index in [1.54, 1.807) is 0 Å². The largest absolute Gasteiger partial charge is 0.354 e. The average molecular weight is 434 g/mol. The van der Waals surface area contributed by atoms with Crippen LogP contribution in [0.2, 0.25) is 0 Å². The third-order valence-corrected chi connectivity index (χ3v) is 6.10. The van der Waals surface area contributed by atoms with E-state index in [1.807, 2.05) is 30.3 Å². The lowest BCUT2D eigenvalue weighted by molar-refractivity contribution is -0.125. The van der Waals surface area contributed by atoms with Crippen LogP contribution in [0, 0.1) is 5.92 Å². The minimum Gasteiger partial charge on any atom is -0.354 e. The molecule has 0 bridgehead atoms. The van der Waals surface area contributed by atoms with Crippen LogP contribution in [-0.4, -0.2) is 46.6 Å². The molecule has 0 saturated carbocycles. The zero-order valence-corrected chi connectivity index (χ0v) is 17.6. The van der Waals surface area contributed by atoms with E-state index in [2.05, 4.69) is 10.2 Å². The number of amides is 1. The summed E-state index contributed by atoms with van der Waals surface area (Å²) in [5.41, 5.74) is 0.906. The Labute approximate surface area is 176 Å². The second-order valence-electron chi connectivity index (χ2n) is 7.49. The molecule has 3 atom stereocenters. The van der Waals surface area contributed by atoms with E-state index < -0.39 is 10.0 Å². The predicted octanol–water partition coefficient (Wildman–Crippen LogP) is 4.32. The maximum atomic E-state index is 12.4. The number of piperidine rings is 2. The number of halogens is 3. The Morgan fingerprint density at radius 3 is 2.63 bits per heavy atom. The van der Waals surface area contributed by atoms with E-state index in [0.717, 1.165) is 12.0 Å². The summed E-state index contributed by atoms with van der Waals surface area (Å²) in [6.45, 7) is 2.83. The number of rotatable bonds is 6. The molecule has 0 unspecified atom stereocenters. The molecule has 1 amide bonds. The van der Waals surface area contributed by atoms with Crippen LogP contribution in [0.1, 0.15) is 37.7 Å². The first-order valence-electron chi connectivity index (χ1n) is 9.69. The molecule has 0 aromatic heterocycles. The molecule has 2 heterocycles. The zero-order valence-electron chi connectivity index (χ0n) is 15.4. The number of benzene rings is 1. The molecule has 0 radical (unpaired) electrons. The Morgan fingerprint density at radius 2 is 1.89 bits per heavy atom. The standard InChI is InChI=1S/C20H27Cl3N2O2/c21-20(22,23)19(24-18(26)13-15-7-2-1-3-8-15)27-14-16-9-6-12-25-11-5-4-10-17(16)25/h1-3,7-8,16-17,19H,4-6,9-14H2,(H,24,26)/t16-,17+,19-/m1/s1. The second kappa shape index (κ2) is 9.80. The number of hydrogen-bond acceptors (Lipinski definition) is 3.